The molecule has 0 spiro atoms. The van der Waals surface area contributed by atoms with Crippen molar-refractivity contribution in [3.8, 4) is 5.75 Å². The van der Waals surface area contributed by atoms with Crippen LogP contribution in [0.2, 0.25) is 0 Å². The van der Waals surface area contributed by atoms with Gasteiger partial charge in [-0.2, -0.15) is 0 Å². The van der Waals surface area contributed by atoms with Gasteiger partial charge >= 0.3 is 0 Å². The van der Waals surface area contributed by atoms with Crippen molar-refractivity contribution in [1.29, 1.82) is 0 Å². The SMILES string of the molecule is C[C@@H](c1ccccn1)N(CCOc1ccc(S(=O)(=O)N(C)C)cc1)C1CC1. The van der Waals surface area contributed by atoms with E-state index in [1.165, 1.54) is 31.2 Å². The minimum atomic E-state index is -3.41. The van der Waals surface area contributed by atoms with Gasteiger partial charge in [-0.15, -0.1) is 0 Å². The van der Waals surface area contributed by atoms with Crippen LogP contribution in [0.1, 0.15) is 31.5 Å². The molecule has 0 aliphatic heterocycles. The van der Waals surface area contributed by atoms with Crippen LogP contribution in [0.5, 0.6) is 5.75 Å². The smallest absolute Gasteiger partial charge is 0.242 e. The molecule has 1 aromatic heterocycles. The van der Waals surface area contributed by atoms with Crippen LogP contribution in [0.4, 0.5) is 0 Å². The van der Waals surface area contributed by atoms with Crippen LogP contribution in [0.15, 0.2) is 53.6 Å². The Kier molecular flexibility index (Phi) is 6.14. The fourth-order valence-electron chi connectivity index (χ4n) is 3.08. The second-order valence-electron chi connectivity index (χ2n) is 7.01. The molecule has 6 nitrogen and oxygen atoms in total. The first-order chi connectivity index (χ1) is 12.9. The van der Waals surface area contributed by atoms with E-state index in [4.69, 9.17) is 4.74 Å². The lowest BCUT2D eigenvalue weighted by Gasteiger charge is -2.28. The minimum absolute atomic E-state index is 0.245. The van der Waals surface area contributed by atoms with Gasteiger partial charge in [0.25, 0.3) is 0 Å². The van der Waals surface area contributed by atoms with E-state index in [2.05, 4.69) is 22.9 Å². The van der Waals surface area contributed by atoms with Crippen molar-refractivity contribution in [3.63, 3.8) is 0 Å². The van der Waals surface area contributed by atoms with E-state index in [0.717, 1.165) is 12.2 Å². The fraction of sp³-hybridized carbons (Fsp3) is 0.450. The highest BCUT2D eigenvalue weighted by Crippen LogP contribution is 2.33. The number of pyridine rings is 1. The van der Waals surface area contributed by atoms with Crippen LogP contribution in [0, 0.1) is 0 Å². The Morgan fingerprint density at radius 3 is 2.41 bits per heavy atom. The van der Waals surface area contributed by atoms with Crippen LogP contribution in [-0.2, 0) is 10.0 Å². The molecule has 0 radical (unpaired) electrons. The molecule has 1 fully saturated rings. The Morgan fingerprint density at radius 1 is 1.15 bits per heavy atom. The predicted molar refractivity (Wildman–Crippen MR) is 105 cm³/mol. The van der Waals surface area contributed by atoms with Crippen molar-refractivity contribution < 1.29 is 13.2 Å². The molecule has 0 saturated heterocycles. The van der Waals surface area contributed by atoms with E-state index in [9.17, 15) is 8.42 Å². The van der Waals surface area contributed by atoms with Gasteiger partial charge in [0.2, 0.25) is 10.0 Å². The summed E-state index contributed by atoms with van der Waals surface area (Å²) < 4.78 is 31.3. The maximum absolute atomic E-state index is 12.1. The fourth-order valence-corrected chi connectivity index (χ4v) is 3.98. The average molecular weight is 390 g/mol. The summed E-state index contributed by atoms with van der Waals surface area (Å²) in [6.07, 6.45) is 4.26. The summed E-state index contributed by atoms with van der Waals surface area (Å²) in [5.74, 6) is 0.675. The van der Waals surface area contributed by atoms with E-state index in [-0.39, 0.29) is 10.9 Å². The molecular formula is C20H27N3O3S. The molecule has 146 valence electrons. The van der Waals surface area contributed by atoms with Gasteiger partial charge in [0.1, 0.15) is 12.4 Å². The summed E-state index contributed by atoms with van der Waals surface area (Å²) in [6.45, 7) is 3.54. The third-order valence-corrected chi connectivity index (χ3v) is 6.68. The van der Waals surface area contributed by atoms with Crippen LogP contribution in [-0.4, -0.2) is 55.9 Å². The third-order valence-electron chi connectivity index (χ3n) is 4.85. The first-order valence-corrected chi connectivity index (χ1v) is 10.7. The molecule has 0 N–H and O–H groups in total. The third kappa shape index (κ3) is 4.86. The summed E-state index contributed by atoms with van der Waals surface area (Å²) in [4.78, 5) is 7.18. The molecule has 2 aromatic rings. The van der Waals surface area contributed by atoms with Crippen molar-refractivity contribution in [2.24, 2.45) is 0 Å². The molecular weight excluding hydrogens is 362 g/mol. The first-order valence-electron chi connectivity index (χ1n) is 9.21. The van der Waals surface area contributed by atoms with Gasteiger partial charge < -0.3 is 4.74 Å². The van der Waals surface area contributed by atoms with Gasteiger partial charge in [-0.1, -0.05) is 6.07 Å². The average Bonchev–Trinajstić information content (AvgIpc) is 3.51. The van der Waals surface area contributed by atoms with E-state index >= 15 is 0 Å². The molecule has 1 aliphatic carbocycles. The molecule has 3 rings (SSSR count). The molecule has 0 amide bonds. The quantitative estimate of drug-likeness (QED) is 0.660. The second kappa shape index (κ2) is 8.37. The maximum Gasteiger partial charge on any atom is 0.242 e. The number of benzene rings is 1. The van der Waals surface area contributed by atoms with Gasteiger partial charge in [0, 0.05) is 38.9 Å². The van der Waals surface area contributed by atoms with E-state index < -0.39 is 10.0 Å². The summed E-state index contributed by atoms with van der Waals surface area (Å²) >= 11 is 0. The number of hydrogen-bond acceptors (Lipinski definition) is 5. The number of hydrogen-bond donors (Lipinski definition) is 0. The lowest BCUT2D eigenvalue weighted by atomic mass is 10.2. The Morgan fingerprint density at radius 2 is 1.85 bits per heavy atom. The van der Waals surface area contributed by atoms with E-state index in [0.29, 0.717) is 18.4 Å². The van der Waals surface area contributed by atoms with Crippen LogP contribution < -0.4 is 4.74 Å². The standard InChI is InChI=1S/C20H27N3O3S/c1-16(20-6-4-5-13-21-20)23(17-7-8-17)14-15-26-18-9-11-19(12-10-18)27(24,25)22(2)3/h4-6,9-13,16-17H,7-8,14-15H2,1-3H3/t16-/m0/s1. The number of sulfonamides is 1. The highest BCUT2D eigenvalue weighted by molar-refractivity contribution is 7.89. The number of nitrogens with zero attached hydrogens (tertiary/aromatic N) is 3. The topological polar surface area (TPSA) is 62.7 Å². The lowest BCUT2D eigenvalue weighted by molar-refractivity contribution is 0.157. The van der Waals surface area contributed by atoms with Crippen LogP contribution in [0.3, 0.4) is 0 Å². The van der Waals surface area contributed by atoms with Gasteiger partial charge in [0.15, 0.2) is 0 Å². The zero-order valence-corrected chi connectivity index (χ0v) is 16.9. The molecule has 1 saturated carbocycles. The van der Waals surface area contributed by atoms with Gasteiger partial charge in [-0.05, 0) is 56.2 Å². The van der Waals surface area contributed by atoms with Crippen molar-refractivity contribution >= 4 is 10.0 Å². The summed E-state index contributed by atoms with van der Waals surface area (Å²) in [5.41, 5.74) is 1.07. The number of ether oxygens (including phenoxy) is 1. The van der Waals surface area contributed by atoms with Gasteiger partial charge in [0.05, 0.1) is 10.6 Å². The molecule has 1 heterocycles. The Labute approximate surface area is 161 Å². The normalized spacial score (nSPS) is 15.9. The Bertz CT molecular complexity index is 835. The Hall–Kier alpha value is -1.96. The lowest BCUT2D eigenvalue weighted by Crippen LogP contribution is -2.33. The van der Waals surface area contributed by atoms with Crippen molar-refractivity contribution in [2.75, 3.05) is 27.2 Å². The van der Waals surface area contributed by atoms with Crippen molar-refractivity contribution in [1.82, 2.24) is 14.2 Å². The largest absolute Gasteiger partial charge is 0.492 e. The van der Waals surface area contributed by atoms with Crippen molar-refractivity contribution in [3.05, 3.63) is 54.4 Å². The molecule has 1 aromatic carbocycles. The second-order valence-corrected chi connectivity index (χ2v) is 9.16. The minimum Gasteiger partial charge on any atom is -0.492 e. The monoisotopic (exact) mass is 389 g/mol. The molecule has 27 heavy (non-hydrogen) atoms. The van der Waals surface area contributed by atoms with Crippen LogP contribution in [0.25, 0.3) is 0 Å². The summed E-state index contributed by atoms with van der Waals surface area (Å²) in [7, 11) is -0.364. The first kappa shape index (κ1) is 19.8. The molecule has 1 atom stereocenters. The van der Waals surface area contributed by atoms with Crippen molar-refractivity contribution in [2.45, 2.75) is 36.7 Å². The van der Waals surface area contributed by atoms with E-state index in [1.807, 2.05) is 18.3 Å². The molecule has 7 heteroatoms. The predicted octanol–water partition coefficient (Wildman–Crippen LogP) is 2.94. The highest BCUT2D eigenvalue weighted by Gasteiger charge is 2.33. The molecule has 1 aliphatic rings. The summed E-state index contributed by atoms with van der Waals surface area (Å²) in [5, 5.41) is 0. The van der Waals surface area contributed by atoms with Gasteiger partial charge in [-0.3, -0.25) is 9.88 Å². The zero-order valence-electron chi connectivity index (χ0n) is 16.1. The number of rotatable bonds is 9. The maximum atomic E-state index is 12.1. The Balaban J connectivity index is 1.58. The highest BCUT2D eigenvalue weighted by atomic mass is 32.2. The van der Waals surface area contributed by atoms with Crippen LogP contribution >= 0.6 is 0 Å². The van der Waals surface area contributed by atoms with E-state index in [1.54, 1.807) is 24.3 Å². The number of aromatic nitrogens is 1. The zero-order chi connectivity index (χ0) is 19.4. The van der Waals surface area contributed by atoms with Gasteiger partial charge in [-0.25, -0.2) is 12.7 Å². The molecule has 0 bridgehead atoms. The molecule has 0 unspecified atom stereocenters. The summed E-state index contributed by atoms with van der Waals surface area (Å²) in [6, 6.07) is 13.4.